The number of carbonyl (C=O) groups excluding carboxylic acids is 2. The number of aromatic amines is 1. The Hall–Kier alpha value is -4.08. The summed E-state index contributed by atoms with van der Waals surface area (Å²) in [6.07, 6.45) is 4.46. The highest BCUT2D eigenvalue weighted by molar-refractivity contribution is 6.04. The van der Waals surface area contributed by atoms with Gasteiger partial charge < -0.3 is 25.6 Å². The molecule has 0 aliphatic rings. The van der Waals surface area contributed by atoms with Crippen LogP contribution in [0.15, 0.2) is 41.0 Å². The molecule has 0 fully saturated rings. The van der Waals surface area contributed by atoms with Gasteiger partial charge in [-0.15, -0.1) is 0 Å². The number of carbonyl (C=O) groups is 3. The molecule has 31 heavy (non-hydrogen) atoms. The predicted molar refractivity (Wildman–Crippen MR) is 113 cm³/mol. The summed E-state index contributed by atoms with van der Waals surface area (Å²) in [5.41, 5.74) is 7.39. The quantitative estimate of drug-likeness (QED) is 0.353. The van der Waals surface area contributed by atoms with E-state index >= 15 is 0 Å². The number of carboxylic acid groups (broad SMARTS) is 1. The molecule has 1 aromatic carbocycles. The molecular formula is C21H23N5O5. The van der Waals surface area contributed by atoms with E-state index in [1.165, 1.54) is 17.9 Å². The summed E-state index contributed by atoms with van der Waals surface area (Å²) in [7, 11) is 0. The number of nitrogens with one attached hydrogen (secondary N) is 3. The Bertz CT molecular complexity index is 1080. The van der Waals surface area contributed by atoms with Crippen molar-refractivity contribution in [1.29, 1.82) is 0 Å². The number of nitrogens with zero attached hydrogens (tertiary/aromatic N) is 1. The molecule has 0 unspecified atom stereocenters. The summed E-state index contributed by atoms with van der Waals surface area (Å²) in [4.78, 5) is 42.2. The third-order valence-electron chi connectivity index (χ3n) is 4.56. The standard InChI is InChI=1S/C21H23N5O5/c1-2-3-4-12-5-7-14(8-6-12)23-21(30)26-19-16(18(22)27)24-15(25-19)11-13-9-10-31-17(13)20(28)29/h5-10H,2-4,11H2,1H3,(H2,22,27)(H,24,25)(H,28,29)(H2,23,26,30). The van der Waals surface area contributed by atoms with Gasteiger partial charge in [-0.05, 0) is 36.6 Å². The third kappa shape index (κ3) is 5.50. The van der Waals surface area contributed by atoms with Crippen molar-refractivity contribution in [3.63, 3.8) is 0 Å². The minimum absolute atomic E-state index is 0.0426. The van der Waals surface area contributed by atoms with Gasteiger partial charge in [-0.2, -0.15) is 0 Å². The molecular weight excluding hydrogens is 402 g/mol. The Morgan fingerprint density at radius 1 is 1.16 bits per heavy atom. The zero-order valence-corrected chi connectivity index (χ0v) is 16.9. The van der Waals surface area contributed by atoms with Gasteiger partial charge in [0, 0.05) is 17.7 Å². The highest BCUT2D eigenvalue weighted by atomic mass is 16.4. The van der Waals surface area contributed by atoms with Crippen molar-refractivity contribution in [2.75, 3.05) is 10.6 Å². The number of carboxylic acids is 1. The van der Waals surface area contributed by atoms with Crippen molar-refractivity contribution < 1.29 is 23.9 Å². The number of nitrogens with two attached hydrogens (primary N) is 1. The number of H-pyrrole nitrogens is 1. The van der Waals surface area contributed by atoms with Gasteiger partial charge in [-0.3, -0.25) is 10.1 Å². The van der Waals surface area contributed by atoms with Gasteiger partial charge >= 0.3 is 12.0 Å². The summed E-state index contributed by atoms with van der Waals surface area (Å²) in [5.74, 6) is -2.08. The highest BCUT2D eigenvalue weighted by Crippen LogP contribution is 2.19. The molecule has 10 nitrogen and oxygen atoms in total. The first kappa shape index (κ1) is 21.6. The molecule has 0 aliphatic heterocycles. The van der Waals surface area contributed by atoms with Crippen LogP contribution in [0.5, 0.6) is 0 Å². The van der Waals surface area contributed by atoms with E-state index in [1.807, 2.05) is 12.1 Å². The monoisotopic (exact) mass is 425 g/mol. The number of hydrogen-bond donors (Lipinski definition) is 5. The number of aromatic nitrogens is 2. The first-order valence-corrected chi connectivity index (χ1v) is 9.72. The van der Waals surface area contributed by atoms with E-state index in [9.17, 15) is 14.4 Å². The fraction of sp³-hybridized carbons (Fsp3) is 0.238. The van der Waals surface area contributed by atoms with Crippen molar-refractivity contribution in [2.24, 2.45) is 5.73 Å². The lowest BCUT2D eigenvalue weighted by Crippen LogP contribution is -2.22. The van der Waals surface area contributed by atoms with Gasteiger partial charge in [0.25, 0.3) is 5.91 Å². The van der Waals surface area contributed by atoms with E-state index in [0.29, 0.717) is 11.3 Å². The molecule has 3 amide bonds. The van der Waals surface area contributed by atoms with E-state index in [4.69, 9.17) is 15.3 Å². The van der Waals surface area contributed by atoms with Crippen LogP contribution >= 0.6 is 0 Å². The Balaban J connectivity index is 1.70. The number of unbranched alkanes of at least 4 members (excludes halogenated alkanes) is 1. The largest absolute Gasteiger partial charge is 0.475 e. The molecule has 3 rings (SSSR count). The second-order valence-electron chi connectivity index (χ2n) is 6.91. The lowest BCUT2D eigenvalue weighted by molar-refractivity contribution is 0.0660. The van der Waals surface area contributed by atoms with Crippen LogP contribution in [0.4, 0.5) is 16.3 Å². The van der Waals surface area contributed by atoms with Crippen molar-refractivity contribution in [3.8, 4) is 0 Å². The molecule has 0 saturated carbocycles. The number of furan rings is 1. The lowest BCUT2D eigenvalue weighted by Gasteiger charge is -2.07. The smallest absolute Gasteiger partial charge is 0.372 e. The van der Waals surface area contributed by atoms with E-state index in [1.54, 1.807) is 12.1 Å². The van der Waals surface area contributed by atoms with Gasteiger partial charge in [0.15, 0.2) is 5.82 Å². The number of urea groups is 1. The molecule has 0 aliphatic carbocycles. The number of primary amides is 1. The van der Waals surface area contributed by atoms with Crippen molar-refractivity contribution in [2.45, 2.75) is 32.6 Å². The van der Waals surface area contributed by atoms with E-state index in [0.717, 1.165) is 19.3 Å². The van der Waals surface area contributed by atoms with Crippen LogP contribution in [0, 0.1) is 0 Å². The maximum absolute atomic E-state index is 12.4. The van der Waals surface area contributed by atoms with Crippen LogP contribution in [0.25, 0.3) is 0 Å². The van der Waals surface area contributed by atoms with Crippen LogP contribution in [0.2, 0.25) is 0 Å². The summed E-state index contributed by atoms with van der Waals surface area (Å²) in [5, 5.41) is 14.3. The molecule has 0 bridgehead atoms. The molecule has 3 aromatic rings. The molecule has 2 aromatic heterocycles. The van der Waals surface area contributed by atoms with E-state index in [-0.39, 0.29) is 29.5 Å². The number of aryl methyl sites for hydroxylation is 1. The third-order valence-corrected chi connectivity index (χ3v) is 4.56. The Morgan fingerprint density at radius 2 is 1.90 bits per heavy atom. The second-order valence-corrected chi connectivity index (χ2v) is 6.91. The zero-order chi connectivity index (χ0) is 22.4. The average molecular weight is 425 g/mol. The normalized spacial score (nSPS) is 10.6. The van der Waals surface area contributed by atoms with Gasteiger partial charge in [-0.1, -0.05) is 25.5 Å². The number of benzene rings is 1. The highest BCUT2D eigenvalue weighted by Gasteiger charge is 2.20. The summed E-state index contributed by atoms with van der Waals surface area (Å²) >= 11 is 0. The van der Waals surface area contributed by atoms with E-state index < -0.39 is 17.9 Å². The van der Waals surface area contributed by atoms with E-state index in [2.05, 4.69) is 27.5 Å². The number of hydrogen-bond acceptors (Lipinski definition) is 5. The molecule has 0 atom stereocenters. The van der Waals surface area contributed by atoms with Crippen molar-refractivity contribution >= 4 is 29.4 Å². The molecule has 0 saturated heterocycles. The number of imidazole rings is 1. The molecule has 162 valence electrons. The minimum Gasteiger partial charge on any atom is -0.475 e. The van der Waals surface area contributed by atoms with Crippen LogP contribution in [0.3, 0.4) is 0 Å². The molecule has 0 radical (unpaired) electrons. The van der Waals surface area contributed by atoms with Crippen LogP contribution in [-0.4, -0.2) is 33.0 Å². The Kier molecular flexibility index (Phi) is 6.71. The number of amides is 3. The number of aromatic carboxylic acids is 1. The lowest BCUT2D eigenvalue weighted by atomic mass is 10.1. The van der Waals surface area contributed by atoms with Gasteiger partial charge in [0.05, 0.1) is 6.26 Å². The number of rotatable bonds is 9. The summed E-state index contributed by atoms with van der Waals surface area (Å²) in [6, 6.07) is 8.36. The molecule has 10 heteroatoms. The van der Waals surface area contributed by atoms with Crippen LogP contribution in [0.1, 0.15) is 57.8 Å². The summed E-state index contributed by atoms with van der Waals surface area (Å²) in [6.45, 7) is 2.13. The number of anilines is 2. The zero-order valence-electron chi connectivity index (χ0n) is 16.9. The second kappa shape index (κ2) is 9.61. The SMILES string of the molecule is CCCCc1ccc(NC(=O)Nc2nc(Cc3ccoc3C(=O)O)[nH]c2C(N)=O)cc1. The van der Waals surface area contributed by atoms with Crippen LogP contribution in [-0.2, 0) is 12.8 Å². The first-order chi connectivity index (χ1) is 14.9. The Labute approximate surface area is 177 Å². The topological polar surface area (TPSA) is 163 Å². The summed E-state index contributed by atoms with van der Waals surface area (Å²) < 4.78 is 4.93. The fourth-order valence-electron chi connectivity index (χ4n) is 3.02. The Morgan fingerprint density at radius 3 is 2.55 bits per heavy atom. The fourth-order valence-corrected chi connectivity index (χ4v) is 3.02. The van der Waals surface area contributed by atoms with Crippen molar-refractivity contribution in [3.05, 3.63) is 65.0 Å². The maximum Gasteiger partial charge on any atom is 0.372 e. The maximum atomic E-state index is 12.4. The minimum atomic E-state index is -1.22. The first-order valence-electron chi connectivity index (χ1n) is 9.72. The van der Waals surface area contributed by atoms with Crippen LogP contribution < -0.4 is 16.4 Å². The molecule has 6 N–H and O–H groups in total. The van der Waals surface area contributed by atoms with Gasteiger partial charge in [-0.25, -0.2) is 14.6 Å². The average Bonchev–Trinajstić information content (AvgIpc) is 3.34. The van der Waals surface area contributed by atoms with Crippen molar-refractivity contribution in [1.82, 2.24) is 9.97 Å². The molecule has 2 heterocycles. The van der Waals surface area contributed by atoms with Gasteiger partial charge in [0.2, 0.25) is 5.76 Å². The van der Waals surface area contributed by atoms with Gasteiger partial charge in [0.1, 0.15) is 11.5 Å². The molecule has 0 spiro atoms. The predicted octanol–water partition coefficient (Wildman–Crippen LogP) is 3.38.